The first-order chi connectivity index (χ1) is 17.3. The Kier molecular flexibility index (Phi) is 7.48. The molecule has 2 aliphatic rings. The molecule has 184 valence electrons. The van der Waals surface area contributed by atoms with Crippen LogP contribution in [0, 0.1) is 13.8 Å². The second-order valence-corrected chi connectivity index (χ2v) is 11.7. The molecule has 0 atom stereocenters. The Balaban J connectivity index is 1.31. The summed E-state index contributed by atoms with van der Waals surface area (Å²) in [6.45, 7) is 4.64. The molecule has 1 fully saturated rings. The van der Waals surface area contributed by atoms with Gasteiger partial charge in [0.15, 0.2) is 16.7 Å². The largest absolute Gasteiger partial charge is 0.487 e. The van der Waals surface area contributed by atoms with Crippen LogP contribution < -0.4 is 19.5 Å². The molecule has 0 saturated carbocycles. The van der Waals surface area contributed by atoms with Crippen molar-refractivity contribution in [1.29, 1.82) is 0 Å². The van der Waals surface area contributed by atoms with Crippen LogP contribution in [0.5, 0.6) is 17.2 Å². The van der Waals surface area contributed by atoms with E-state index >= 15 is 0 Å². The SMILES string of the molecule is Cc1cc(N=C2NC(=O)/C(=C/c3cc(Br)c(OCc4ccc5c(c4)OCO5)c(Br)c3)S2)cc(C)c1Br. The number of nitrogens with zero attached hydrogens (tertiary/aromatic N) is 1. The summed E-state index contributed by atoms with van der Waals surface area (Å²) in [4.78, 5) is 17.8. The van der Waals surface area contributed by atoms with Crippen molar-refractivity contribution in [2.45, 2.75) is 20.5 Å². The van der Waals surface area contributed by atoms with Gasteiger partial charge in [-0.1, -0.05) is 22.0 Å². The molecular formula is C26H19Br3N2O4S. The number of thioether (sulfide) groups is 1. The number of benzene rings is 3. The average Bonchev–Trinajstić information content (AvgIpc) is 3.42. The van der Waals surface area contributed by atoms with Crippen LogP contribution in [-0.2, 0) is 11.4 Å². The lowest BCUT2D eigenvalue weighted by Gasteiger charge is -2.12. The molecule has 2 heterocycles. The molecule has 0 aliphatic carbocycles. The Morgan fingerprint density at radius 3 is 2.44 bits per heavy atom. The maximum Gasteiger partial charge on any atom is 0.264 e. The van der Waals surface area contributed by atoms with Crippen molar-refractivity contribution in [3.63, 3.8) is 0 Å². The first kappa shape index (κ1) is 25.4. The van der Waals surface area contributed by atoms with Gasteiger partial charge in [-0.15, -0.1) is 0 Å². The number of aryl methyl sites for hydroxylation is 2. The molecule has 6 nitrogen and oxygen atoms in total. The van der Waals surface area contributed by atoms with Gasteiger partial charge in [-0.3, -0.25) is 4.79 Å². The second kappa shape index (κ2) is 10.6. The summed E-state index contributed by atoms with van der Waals surface area (Å²) in [5.74, 6) is 1.95. The van der Waals surface area contributed by atoms with Gasteiger partial charge in [-0.2, -0.15) is 0 Å². The van der Waals surface area contributed by atoms with E-state index < -0.39 is 0 Å². The number of carbonyl (C=O) groups is 1. The number of rotatable bonds is 5. The lowest BCUT2D eigenvalue weighted by molar-refractivity contribution is -0.115. The van der Waals surface area contributed by atoms with Gasteiger partial charge in [0, 0.05) is 4.47 Å². The van der Waals surface area contributed by atoms with Gasteiger partial charge >= 0.3 is 0 Å². The maximum absolute atomic E-state index is 12.6. The topological polar surface area (TPSA) is 69.2 Å². The predicted octanol–water partition coefficient (Wildman–Crippen LogP) is 7.79. The van der Waals surface area contributed by atoms with Crippen LogP contribution in [0.3, 0.4) is 0 Å². The zero-order valence-corrected chi connectivity index (χ0v) is 24.7. The monoisotopic (exact) mass is 692 g/mol. The Morgan fingerprint density at radius 2 is 1.72 bits per heavy atom. The summed E-state index contributed by atoms with van der Waals surface area (Å²) in [6, 6.07) is 13.5. The summed E-state index contributed by atoms with van der Waals surface area (Å²) in [6.07, 6.45) is 1.83. The van der Waals surface area contributed by atoms with Crippen molar-refractivity contribution in [3.05, 3.63) is 83.0 Å². The van der Waals surface area contributed by atoms with Gasteiger partial charge in [-0.05, 0) is 122 Å². The minimum Gasteiger partial charge on any atom is -0.487 e. The van der Waals surface area contributed by atoms with E-state index in [0.29, 0.717) is 22.4 Å². The van der Waals surface area contributed by atoms with E-state index in [1.807, 2.05) is 62.4 Å². The van der Waals surface area contributed by atoms with Crippen LogP contribution in [-0.4, -0.2) is 17.9 Å². The molecule has 0 unspecified atom stereocenters. The quantitative estimate of drug-likeness (QED) is 0.276. The molecule has 1 N–H and O–H groups in total. The van der Waals surface area contributed by atoms with Gasteiger partial charge in [0.2, 0.25) is 6.79 Å². The molecule has 0 bridgehead atoms. The van der Waals surface area contributed by atoms with Crippen LogP contribution in [0.15, 0.2) is 65.8 Å². The predicted molar refractivity (Wildman–Crippen MR) is 153 cm³/mol. The van der Waals surface area contributed by atoms with E-state index in [9.17, 15) is 4.79 Å². The molecule has 2 aliphatic heterocycles. The summed E-state index contributed by atoms with van der Waals surface area (Å²) in [5.41, 5.74) is 4.79. The third-order valence-electron chi connectivity index (χ3n) is 5.44. The normalized spacial score (nSPS) is 16.6. The van der Waals surface area contributed by atoms with Crippen LogP contribution in [0.25, 0.3) is 6.08 Å². The minimum atomic E-state index is -0.181. The van der Waals surface area contributed by atoms with E-state index in [2.05, 4.69) is 58.1 Å². The van der Waals surface area contributed by atoms with Gasteiger partial charge in [0.25, 0.3) is 5.91 Å². The number of nitrogens with one attached hydrogen (secondary N) is 1. The maximum atomic E-state index is 12.6. The molecule has 3 aromatic carbocycles. The first-order valence-corrected chi connectivity index (χ1v) is 14.0. The van der Waals surface area contributed by atoms with Crippen molar-refractivity contribution in [2.24, 2.45) is 4.99 Å². The van der Waals surface area contributed by atoms with Crippen LogP contribution in [0.4, 0.5) is 5.69 Å². The Hall–Kier alpha value is -2.27. The molecule has 0 aromatic heterocycles. The Morgan fingerprint density at radius 1 is 1.03 bits per heavy atom. The van der Waals surface area contributed by atoms with E-state index in [1.165, 1.54) is 11.8 Å². The first-order valence-electron chi connectivity index (χ1n) is 10.8. The number of ether oxygens (including phenoxy) is 3. The Bertz CT molecular complexity index is 1410. The van der Waals surface area contributed by atoms with E-state index in [-0.39, 0.29) is 12.7 Å². The summed E-state index contributed by atoms with van der Waals surface area (Å²) < 4.78 is 19.4. The smallest absolute Gasteiger partial charge is 0.264 e. The molecule has 0 spiro atoms. The number of amides is 1. The highest BCUT2D eigenvalue weighted by molar-refractivity contribution is 9.11. The number of halogens is 3. The molecule has 5 rings (SSSR count). The number of hydrogen-bond donors (Lipinski definition) is 1. The summed E-state index contributed by atoms with van der Waals surface area (Å²) in [7, 11) is 0. The summed E-state index contributed by atoms with van der Waals surface area (Å²) in [5, 5.41) is 3.40. The average molecular weight is 695 g/mol. The fourth-order valence-corrected chi connectivity index (χ4v) is 6.25. The lowest BCUT2D eigenvalue weighted by Crippen LogP contribution is -2.19. The van der Waals surface area contributed by atoms with E-state index in [0.717, 1.165) is 52.9 Å². The number of carbonyl (C=O) groups excluding carboxylic acids is 1. The molecule has 0 radical (unpaired) electrons. The van der Waals surface area contributed by atoms with Crippen molar-refractivity contribution in [3.8, 4) is 17.2 Å². The molecule has 1 saturated heterocycles. The van der Waals surface area contributed by atoms with Gasteiger partial charge in [0.05, 0.1) is 19.5 Å². The van der Waals surface area contributed by atoms with Crippen molar-refractivity contribution >= 4 is 82.4 Å². The summed E-state index contributed by atoms with van der Waals surface area (Å²) >= 11 is 12.1. The van der Waals surface area contributed by atoms with Gasteiger partial charge in [-0.25, -0.2) is 4.99 Å². The molecule has 3 aromatic rings. The number of fused-ring (bicyclic) bond motifs is 1. The number of hydrogen-bond acceptors (Lipinski definition) is 6. The fraction of sp³-hybridized carbons (Fsp3) is 0.154. The molecular weight excluding hydrogens is 676 g/mol. The third kappa shape index (κ3) is 5.51. The minimum absolute atomic E-state index is 0.181. The van der Waals surface area contributed by atoms with Crippen molar-refractivity contribution in [1.82, 2.24) is 5.32 Å². The van der Waals surface area contributed by atoms with E-state index in [4.69, 9.17) is 14.2 Å². The van der Waals surface area contributed by atoms with E-state index in [1.54, 1.807) is 0 Å². The zero-order valence-electron chi connectivity index (χ0n) is 19.2. The third-order valence-corrected chi connectivity index (χ3v) is 8.78. The number of amidine groups is 1. The molecule has 1 amide bonds. The highest BCUT2D eigenvalue weighted by Crippen LogP contribution is 2.38. The van der Waals surface area contributed by atoms with Crippen LogP contribution in [0.2, 0.25) is 0 Å². The van der Waals surface area contributed by atoms with Crippen LogP contribution in [0.1, 0.15) is 22.3 Å². The fourth-order valence-electron chi connectivity index (χ4n) is 3.72. The second-order valence-electron chi connectivity index (χ2n) is 8.17. The van der Waals surface area contributed by atoms with Gasteiger partial charge in [0.1, 0.15) is 12.4 Å². The zero-order chi connectivity index (χ0) is 25.4. The number of aliphatic imine (C=N–C) groups is 1. The van der Waals surface area contributed by atoms with Crippen LogP contribution >= 0.6 is 59.6 Å². The van der Waals surface area contributed by atoms with Crippen molar-refractivity contribution < 1.29 is 19.0 Å². The molecule has 10 heteroatoms. The van der Waals surface area contributed by atoms with Crippen molar-refractivity contribution in [2.75, 3.05) is 6.79 Å². The molecule has 36 heavy (non-hydrogen) atoms. The Labute approximate surface area is 237 Å². The van der Waals surface area contributed by atoms with Gasteiger partial charge < -0.3 is 19.5 Å². The highest BCUT2D eigenvalue weighted by atomic mass is 79.9. The highest BCUT2D eigenvalue weighted by Gasteiger charge is 2.24. The standard InChI is InChI=1S/C26H19Br3N2O4S/c1-13-5-17(6-14(2)23(13)29)30-26-31-25(32)22(36-26)10-16-7-18(27)24(19(28)8-16)33-11-15-3-4-20-21(9-15)35-12-34-20/h3-10H,11-12H2,1-2H3,(H,30,31,32)/b22-10-. The lowest BCUT2D eigenvalue weighted by atomic mass is 10.1.